The molecule has 0 spiro atoms. The average Bonchev–Trinajstić information content (AvgIpc) is 3.20. The largest absolute Gasteiger partial charge is 0.497 e. The number of methoxy groups -OCH3 is 1. The number of ether oxygens (including phenoxy) is 1. The van der Waals surface area contributed by atoms with Gasteiger partial charge in [-0.3, -0.25) is 10.1 Å². The van der Waals surface area contributed by atoms with Gasteiger partial charge in [-0.05, 0) is 36.4 Å². The Morgan fingerprint density at radius 3 is 2.65 bits per heavy atom. The highest BCUT2D eigenvalue weighted by atomic mass is 32.1. The van der Waals surface area contributed by atoms with E-state index in [9.17, 15) is 4.79 Å². The minimum atomic E-state index is -0.241. The van der Waals surface area contributed by atoms with Crippen molar-refractivity contribution >= 4 is 33.3 Å². The Hall–Kier alpha value is -3.32. The van der Waals surface area contributed by atoms with E-state index in [1.807, 2.05) is 48.5 Å². The maximum atomic E-state index is 12.8. The van der Waals surface area contributed by atoms with Crippen LogP contribution in [0, 0.1) is 0 Å². The van der Waals surface area contributed by atoms with Gasteiger partial charge in [0.15, 0.2) is 0 Å². The van der Waals surface area contributed by atoms with Gasteiger partial charge in [0.05, 0.1) is 23.9 Å². The number of benzene rings is 2. The molecule has 2 aromatic carbocycles. The fourth-order valence-corrected chi connectivity index (χ4v) is 3.10. The van der Waals surface area contributed by atoms with Crippen LogP contribution >= 0.6 is 11.3 Å². The molecule has 0 aliphatic rings. The molecule has 1 N–H and O–H groups in total. The number of aromatic nitrogens is 3. The van der Waals surface area contributed by atoms with E-state index in [1.54, 1.807) is 18.7 Å². The van der Waals surface area contributed by atoms with Crippen LogP contribution < -0.4 is 10.1 Å². The van der Waals surface area contributed by atoms with Crippen molar-refractivity contribution in [3.63, 3.8) is 0 Å². The van der Waals surface area contributed by atoms with Crippen LogP contribution in [0.2, 0.25) is 0 Å². The minimum absolute atomic E-state index is 0.241. The maximum Gasteiger partial charge on any atom is 0.258 e. The summed E-state index contributed by atoms with van der Waals surface area (Å²) in [7, 11) is 1.62. The van der Waals surface area contributed by atoms with Crippen LogP contribution in [0.4, 0.5) is 5.13 Å². The van der Waals surface area contributed by atoms with E-state index in [-0.39, 0.29) is 5.91 Å². The molecule has 2 aromatic heterocycles. The van der Waals surface area contributed by atoms with Gasteiger partial charge in [-0.25, -0.2) is 4.98 Å². The van der Waals surface area contributed by atoms with Crippen LogP contribution in [-0.2, 0) is 0 Å². The first kappa shape index (κ1) is 16.2. The first-order valence-corrected chi connectivity index (χ1v) is 8.74. The Kier molecular flexibility index (Phi) is 4.28. The SMILES string of the molecule is COc1ccc(-c2cc(C(=O)Nc3nncs3)c3ccccc3n2)cc1. The van der Waals surface area contributed by atoms with Crippen molar-refractivity contribution in [3.05, 3.63) is 65.7 Å². The monoisotopic (exact) mass is 362 g/mol. The molecule has 4 aromatic rings. The zero-order valence-electron chi connectivity index (χ0n) is 13.8. The molecule has 0 aliphatic carbocycles. The maximum absolute atomic E-state index is 12.8. The number of nitrogens with zero attached hydrogens (tertiary/aromatic N) is 3. The lowest BCUT2D eigenvalue weighted by molar-refractivity contribution is 0.102. The summed E-state index contributed by atoms with van der Waals surface area (Å²) in [5, 5.41) is 11.6. The molecule has 0 fully saturated rings. The van der Waals surface area contributed by atoms with Crippen LogP contribution in [0.15, 0.2) is 60.1 Å². The van der Waals surface area contributed by atoms with Gasteiger partial charge in [0.1, 0.15) is 11.3 Å². The molecule has 0 aliphatic heterocycles. The summed E-state index contributed by atoms with van der Waals surface area (Å²) in [6.45, 7) is 0. The third kappa shape index (κ3) is 3.12. The van der Waals surface area contributed by atoms with E-state index in [2.05, 4.69) is 15.5 Å². The fourth-order valence-electron chi connectivity index (χ4n) is 2.66. The quantitative estimate of drug-likeness (QED) is 0.593. The number of carbonyl (C=O) groups excluding carboxylic acids is 1. The number of pyridine rings is 1. The van der Waals surface area contributed by atoms with Gasteiger partial charge >= 0.3 is 0 Å². The van der Waals surface area contributed by atoms with Gasteiger partial charge in [0.25, 0.3) is 5.91 Å². The smallest absolute Gasteiger partial charge is 0.258 e. The van der Waals surface area contributed by atoms with Crippen molar-refractivity contribution in [2.45, 2.75) is 0 Å². The molecule has 4 rings (SSSR count). The second-order valence-corrected chi connectivity index (χ2v) is 6.33. The highest BCUT2D eigenvalue weighted by Gasteiger charge is 2.15. The topological polar surface area (TPSA) is 77.0 Å². The summed E-state index contributed by atoms with van der Waals surface area (Å²) in [5.74, 6) is 0.527. The molecule has 0 bridgehead atoms. The molecule has 7 heteroatoms. The van der Waals surface area contributed by atoms with Gasteiger partial charge in [0.2, 0.25) is 5.13 Å². The number of para-hydroxylation sites is 1. The highest BCUT2D eigenvalue weighted by molar-refractivity contribution is 7.13. The number of hydrogen-bond donors (Lipinski definition) is 1. The van der Waals surface area contributed by atoms with E-state index < -0.39 is 0 Å². The van der Waals surface area contributed by atoms with Gasteiger partial charge in [-0.2, -0.15) is 0 Å². The average molecular weight is 362 g/mol. The second-order valence-electron chi connectivity index (χ2n) is 5.50. The molecule has 0 atom stereocenters. The Balaban J connectivity index is 1.81. The Morgan fingerprint density at radius 2 is 1.92 bits per heavy atom. The molecular formula is C19H14N4O2S. The van der Waals surface area contributed by atoms with E-state index in [4.69, 9.17) is 9.72 Å². The number of anilines is 1. The van der Waals surface area contributed by atoms with Gasteiger partial charge < -0.3 is 4.74 Å². The molecule has 0 saturated carbocycles. The van der Waals surface area contributed by atoms with Crippen molar-refractivity contribution in [1.29, 1.82) is 0 Å². The van der Waals surface area contributed by atoms with Crippen LogP contribution in [0.25, 0.3) is 22.2 Å². The number of rotatable bonds is 4. The van der Waals surface area contributed by atoms with Crippen molar-refractivity contribution in [2.24, 2.45) is 0 Å². The molecule has 26 heavy (non-hydrogen) atoms. The second kappa shape index (κ2) is 6.89. The van der Waals surface area contributed by atoms with Gasteiger partial charge in [0, 0.05) is 10.9 Å². The van der Waals surface area contributed by atoms with Crippen LogP contribution in [0.5, 0.6) is 5.75 Å². The molecule has 2 heterocycles. The van der Waals surface area contributed by atoms with E-state index in [0.29, 0.717) is 16.4 Å². The lowest BCUT2D eigenvalue weighted by Crippen LogP contribution is -2.13. The molecule has 128 valence electrons. The summed E-state index contributed by atoms with van der Waals surface area (Å²) < 4.78 is 5.20. The number of nitrogens with one attached hydrogen (secondary N) is 1. The summed E-state index contributed by atoms with van der Waals surface area (Å²) in [5.41, 5.74) is 4.48. The van der Waals surface area contributed by atoms with Crippen LogP contribution in [0.1, 0.15) is 10.4 Å². The third-order valence-corrected chi connectivity index (χ3v) is 4.53. The Bertz CT molecular complexity index is 1060. The number of amides is 1. The normalized spacial score (nSPS) is 10.7. The zero-order chi connectivity index (χ0) is 17.9. The van der Waals surface area contributed by atoms with Crippen molar-refractivity contribution in [3.8, 4) is 17.0 Å². The Labute approximate surface area is 153 Å². The molecule has 6 nitrogen and oxygen atoms in total. The van der Waals surface area contributed by atoms with Crippen LogP contribution in [0.3, 0.4) is 0 Å². The molecule has 0 unspecified atom stereocenters. The van der Waals surface area contributed by atoms with E-state index in [1.165, 1.54) is 11.3 Å². The molecule has 1 amide bonds. The standard InChI is InChI=1S/C19H14N4O2S/c1-25-13-8-6-12(7-9-13)17-10-15(14-4-2-3-5-16(14)21-17)18(24)22-19-23-20-11-26-19/h2-11H,1H3,(H,22,23,24). The lowest BCUT2D eigenvalue weighted by Gasteiger charge is -2.10. The number of hydrogen-bond acceptors (Lipinski definition) is 6. The van der Waals surface area contributed by atoms with Crippen molar-refractivity contribution in [2.75, 3.05) is 12.4 Å². The Morgan fingerprint density at radius 1 is 1.12 bits per heavy atom. The van der Waals surface area contributed by atoms with Crippen molar-refractivity contribution in [1.82, 2.24) is 15.2 Å². The number of carbonyl (C=O) groups is 1. The lowest BCUT2D eigenvalue weighted by atomic mass is 10.0. The number of fused-ring (bicyclic) bond motifs is 1. The summed E-state index contributed by atoms with van der Waals surface area (Å²) in [6, 6.07) is 16.9. The van der Waals surface area contributed by atoms with Gasteiger partial charge in [-0.15, -0.1) is 10.2 Å². The first-order valence-electron chi connectivity index (χ1n) is 7.86. The first-order chi connectivity index (χ1) is 12.7. The summed E-state index contributed by atoms with van der Waals surface area (Å²) in [4.78, 5) is 17.5. The van der Waals surface area contributed by atoms with E-state index in [0.717, 1.165) is 22.2 Å². The van der Waals surface area contributed by atoms with Gasteiger partial charge in [-0.1, -0.05) is 29.5 Å². The third-order valence-electron chi connectivity index (χ3n) is 3.93. The van der Waals surface area contributed by atoms with Crippen molar-refractivity contribution < 1.29 is 9.53 Å². The van der Waals surface area contributed by atoms with E-state index >= 15 is 0 Å². The van der Waals surface area contributed by atoms with Crippen LogP contribution in [-0.4, -0.2) is 28.2 Å². The summed E-state index contributed by atoms with van der Waals surface area (Å²) in [6.07, 6.45) is 0. The summed E-state index contributed by atoms with van der Waals surface area (Å²) >= 11 is 1.27. The predicted octanol–water partition coefficient (Wildman–Crippen LogP) is 4.01. The fraction of sp³-hybridized carbons (Fsp3) is 0.0526. The molecule has 0 radical (unpaired) electrons. The minimum Gasteiger partial charge on any atom is -0.497 e. The molecule has 0 saturated heterocycles. The predicted molar refractivity (Wildman–Crippen MR) is 102 cm³/mol. The molecular weight excluding hydrogens is 348 g/mol. The zero-order valence-corrected chi connectivity index (χ0v) is 14.7. The highest BCUT2D eigenvalue weighted by Crippen LogP contribution is 2.27.